The van der Waals surface area contributed by atoms with Crippen molar-refractivity contribution < 1.29 is 18.7 Å². The molecular weight excluding hydrogens is 275 g/mol. The first kappa shape index (κ1) is 14.8. The molecule has 0 unspecified atom stereocenters. The van der Waals surface area contributed by atoms with Crippen molar-refractivity contribution in [3.63, 3.8) is 0 Å². The molecule has 1 aromatic heterocycles. The zero-order valence-electron chi connectivity index (χ0n) is 11.5. The average Bonchev–Trinajstić information content (AvgIpc) is 2.49. The topological polar surface area (TPSA) is 56.5 Å². The molecule has 6 heteroatoms. The summed E-state index contributed by atoms with van der Waals surface area (Å²) >= 11 is 0. The van der Waals surface area contributed by atoms with Crippen LogP contribution in [0.3, 0.4) is 0 Å². The Bertz CT molecular complexity index is 617. The molecule has 1 amide bonds. The molecule has 0 radical (unpaired) electrons. The van der Waals surface area contributed by atoms with E-state index in [2.05, 4.69) is 0 Å². The number of likely N-dealkylation sites (N-methyl/N-ethyl adjacent to an activating group) is 1. The number of ether oxygens (including phenoxy) is 1. The summed E-state index contributed by atoms with van der Waals surface area (Å²) in [5.41, 5.74) is 0.412. The molecule has 0 aliphatic carbocycles. The molecule has 1 aromatic carbocycles. The monoisotopic (exact) mass is 290 g/mol. The van der Waals surface area contributed by atoms with Gasteiger partial charge in [0.15, 0.2) is 24.0 Å². The summed E-state index contributed by atoms with van der Waals surface area (Å²) in [6.45, 7) is 0.483. The molecule has 0 fully saturated rings. The lowest BCUT2D eigenvalue weighted by Gasteiger charge is -2.17. The van der Waals surface area contributed by atoms with Crippen LogP contribution in [-0.4, -0.2) is 31.0 Å². The molecule has 5 nitrogen and oxygen atoms in total. The number of carbonyl (C=O) groups excluding carboxylic acids is 1. The van der Waals surface area contributed by atoms with Gasteiger partial charge in [-0.25, -0.2) is 4.39 Å². The van der Waals surface area contributed by atoms with E-state index in [1.807, 2.05) is 0 Å². The van der Waals surface area contributed by atoms with Crippen molar-refractivity contribution in [3.05, 3.63) is 65.4 Å². The van der Waals surface area contributed by atoms with Crippen LogP contribution < -0.4 is 9.47 Å². The van der Waals surface area contributed by atoms with Gasteiger partial charge < -0.3 is 14.8 Å². The molecule has 0 N–H and O–H groups in total. The number of amides is 1. The fraction of sp³-hybridized carbons (Fsp3) is 0.200. The largest absolute Gasteiger partial charge is 0.619 e. The molecule has 0 saturated carbocycles. The second kappa shape index (κ2) is 6.69. The fourth-order valence-electron chi connectivity index (χ4n) is 1.73. The van der Waals surface area contributed by atoms with Crippen molar-refractivity contribution in [2.45, 2.75) is 0 Å². The molecule has 1 heterocycles. The highest BCUT2D eigenvalue weighted by atomic mass is 19.1. The maximum absolute atomic E-state index is 13.3. The molecule has 0 bridgehead atoms. The van der Waals surface area contributed by atoms with Gasteiger partial charge in [0.05, 0.1) is 12.1 Å². The van der Waals surface area contributed by atoms with Gasteiger partial charge in [0.25, 0.3) is 5.91 Å². The van der Waals surface area contributed by atoms with E-state index >= 15 is 0 Å². The van der Waals surface area contributed by atoms with Crippen LogP contribution in [0.15, 0.2) is 48.8 Å². The van der Waals surface area contributed by atoms with Crippen LogP contribution in [-0.2, 0) is 0 Å². The van der Waals surface area contributed by atoms with Gasteiger partial charge in [-0.1, -0.05) is 12.1 Å². The lowest BCUT2D eigenvalue weighted by molar-refractivity contribution is -0.605. The van der Waals surface area contributed by atoms with E-state index in [-0.39, 0.29) is 18.3 Å². The van der Waals surface area contributed by atoms with E-state index in [4.69, 9.17) is 4.74 Å². The van der Waals surface area contributed by atoms with Crippen molar-refractivity contribution in [2.24, 2.45) is 0 Å². The van der Waals surface area contributed by atoms with E-state index in [0.717, 1.165) is 0 Å². The molecule has 2 aromatic rings. The first-order chi connectivity index (χ1) is 10.1. The predicted octanol–water partition coefficient (Wildman–Crippen LogP) is 1.61. The Hall–Kier alpha value is -2.63. The van der Waals surface area contributed by atoms with Crippen molar-refractivity contribution in [1.29, 1.82) is 0 Å². The van der Waals surface area contributed by atoms with Gasteiger partial charge in [-0.2, -0.15) is 4.73 Å². The van der Waals surface area contributed by atoms with Gasteiger partial charge in [0, 0.05) is 19.2 Å². The van der Waals surface area contributed by atoms with Gasteiger partial charge in [-0.3, -0.25) is 4.79 Å². The minimum atomic E-state index is -0.436. The Morgan fingerprint density at radius 2 is 1.95 bits per heavy atom. The molecule has 110 valence electrons. The summed E-state index contributed by atoms with van der Waals surface area (Å²) in [6.07, 6.45) is 2.52. The normalized spacial score (nSPS) is 10.2. The number of rotatable bonds is 5. The lowest BCUT2D eigenvalue weighted by Crippen LogP contribution is -2.32. The fourth-order valence-corrected chi connectivity index (χ4v) is 1.73. The molecule has 0 saturated heterocycles. The zero-order chi connectivity index (χ0) is 15.2. The summed E-state index contributed by atoms with van der Waals surface area (Å²) in [5.74, 6) is -0.507. The maximum atomic E-state index is 13.3. The molecule has 2 rings (SSSR count). The third-order valence-corrected chi connectivity index (χ3v) is 2.92. The first-order valence-corrected chi connectivity index (χ1v) is 6.39. The summed E-state index contributed by atoms with van der Waals surface area (Å²) in [4.78, 5) is 13.5. The number of carbonyl (C=O) groups is 1. The number of halogens is 1. The van der Waals surface area contributed by atoms with Crippen LogP contribution in [0, 0.1) is 11.0 Å². The number of hydrogen-bond donors (Lipinski definition) is 0. The van der Waals surface area contributed by atoms with Crippen LogP contribution in [0.4, 0.5) is 4.39 Å². The Morgan fingerprint density at radius 3 is 2.62 bits per heavy atom. The molecule has 0 aliphatic rings. The highest BCUT2D eigenvalue weighted by molar-refractivity contribution is 5.93. The number of pyridine rings is 1. The van der Waals surface area contributed by atoms with E-state index in [1.165, 1.54) is 41.6 Å². The SMILES string of the molecule is CN(CCOc1ccccc1F)C(=O)c1cc[n+]([O-])cc1. The molecule has 0 aliphatic heterocycles. The lowest BCUT2D eigenvalue weighted by atomic mass is 10.2. The van der Waals surface area contributed by atoms with Gasteiger partial charge in [-0.05, 0) is 12.1 Å². The second-order valence-electron chi connectivity index (χ2n) is 4.45. The summed E-state index contributed by atoms with van der Waals surface area (Å²) < 4.78 is 19.2. The van der Waals surface area contributed by atoms with Gasteiger partial charge in [0.2, 0.25) is 0 Å². The minimum Gasteiger partial charge on any atom is -0.619 e. The molecule has 0 atom stereocenters. The highest BCUT2D eigenvalue weighted by Gasteiger charge is 2.12. The molecule has 21 heavy (non-hydrogen) atoms. The molecule has 0 spiro atoms. The number of aromatic nitrogens is 1. The van der Waals surface area contributed by atoms with Crippen molar-refractivity contribution in [3.8, 4) is 5.75 Å². The van der Waals surface area contributed by atoms with Crippen LogP contribution >= 0.6 is 0 Å². The summed E-state index contributed by atoms with van der Waals surface area (Å²) in [5, 5.41) is 10.9. The van der Waals surface area contributed by atoms with Gasteiger partial charge in [0.1, 0.15) is 6.61 Å². The zero-order valence-corrected chi connectivity index (χ0v) is 11.5. The summed E-state index contributed by atoms with van der Waals surface area (Å²) in [7, 11) is 1.62. The Balaban J connectivity index is 1.87. The standard InChI is InChI=1S/C15H15FN2O3/c1-17(15(19)12-6-8-18(20)9-7-12)10-11-21-14-5-3-2-4-13(14)16/h2-9H,10-11H2,1H3. The smallest absolute Gasteiger partial charge is 0.254 e. The van der Waals surface area contributed by atoms with E-state index < -0.39 is 5.82 Å². The predicted molar refractivity (Wildman–Crippen MR) is 74.3 cm³/mol. The first-order valence-electron chi connectivity index (χ1n) is 6.39. The van der Waals surface area contributed by atoms with Gasteiger partial charge in [-0.15, -0.1) is 0 Å². The van der Waals surface area contributed by atoms with Crippen LogP contribution in [0.25, 0.3) is 0 Å². The van der Waals surface area contributed by atoms with E-state index in [1.54, 1.807) is 19.2 Å². The number of para-hydroxylation sites is 1. The number of benzene rings is 1. The van der Waals surface area contributed by atoms with Crippen LogP contribution in [0.5, 0.6) is 5.75 Å². The third kappa shape index (κ3) is 3.92. The molecular formula is C15H15FN2O3. The quantitative estimate of drug-likeness (QED) is 0.621. The second-order valence-corrected chi connectivity index (χ2v) is 4.45. The Morgan fingerprint density at radius 1 is 1.29 bits per heavy atom. The van der Waals surface area contributed by atoms with Crippen LogP contribution in [0.1, 0.15) is 10.4 Å². The minimum absolute atomic E-state index is 0.158. The number of nitrogens with zero attached hydrogens (tertiary/aromatic N) is 2. The highest BCUT2D eigenvalue weighted by Crippen LogP contribution is 2.15. The van der Waals surface area contributed by atoms with Crippen LogP contribution in [0.2, 0.25) is 0 Å². The Labute approximate surface area is 121 Å². The van der Waals surface area contributed by atoms with Gasteiger partial charge >= 0.3 is 0 Å². The van der Waals surface area contributed by atoms with E-state index in [0.29, 0.717) is 16.8 Å². The van der Waals surface area contributed by atoms with Crippen molar-refractivity contribution in [1.82, 2.24) is 4.90 Å². The van der Waals surface area contributed by atoms with Crippen molar-refractivity contribution in [2.75, 3.05) is 20.2 Å². The van der Waals surface area contributed by atoms with Crippen molar-refractivity contribution >= 4 is 5.91 Å². The third-order valence-electron chi connectivity index (χ3n) is 2.92. The van der Waals surface area contributed by atoms with E-state index in [9.17, 15) is 14.4 Å². The Kier molecular flexibility index (Phi) is 4.71. The maximum Gasteiger partial charge on any atom is 0.254 e. The average molecular weight is 290 g/mol. The number of hydrogen-bond acceptors (Lipinski definition) is 3. The summed E-state index contributed by atoms with van der Waals surface area (Å²) in [6, 6.07) is 8.99.